The van der Waals surface area contributed by atoms with Crippen molar-refractivity contribution in [3.05, 3.63) is 12.4 Å². The highest BCUT2D eigenvalue weighted by molar-refractivity contribution is 5.92. The number of piperidine rings is 1. The summed E-state index contributed by atoms with van der Waals surface area (Å²) in [5.74, 6) is 0.104. The van der Waals surface area contributed by atoms with Crippen LogP contribution in [0.5, 0.6) is 0 Å². The van der Waals surface area contributed by atoms with Crippen molar-refractivity contribution in [3.63, 3.8) is 0 Å². The highest BCUT2D eigenvalue weighted by Crippen LogP contribution is 2.19. The van der Waals surface area contributed by atoms with Crippen LogP contribution in [-0.2, 0) is 11.3 Å². The van der Waals surface area contributed by atoms with Gasteiger partial charge >= 0.3 is 0 Å². The molecule has 2 heterocycles. The number of rotatable bonds is 4. The Balaban J connectivity index is 1.83. The molecular formula is C13H19N5O. The molecule has 6 nitrogen and oxygen atoms in total. The Labute approximate surface area is 113 Å². The third-order valence-electron chi connectivity index (χ3n) is 3.48. The first kappa shape index (κ1) is 13.6. The molecule has 6 heteroatoms. The van der Waals surface area contributed by atoms with Gasteiger partial charge in [0.2, 0.25) is 5.91 Å². The van der Waals surface area contributed by atoms with E-state index >= 15 is 0 Å². The van der Waals surface area contributed by atoms with Crippen LogP contribution in [0.1, 0.15) is 19.8 Å². The minimum absolute atomic E-state index is 0.0416. The molecule has 0 spiro atoms. The van der Waals surface area contributed by atoms with Crippen molar-refractivity contribution in [2.45, 2.75) is 26.3 Å². The lowest BCUT2D eigenvalue weighted by molar-refractivity contribution is -0.121. The van der Waals surface area contributed by atoms with E-state index in [9.17, 15) is 4.79 Å². The Morgan fingerprint density at radius 3 is 2.89 bits per heavy atom. The van der Waals surface area contributed by atoms with Crippen LogP contribution in [-0.4, -0.2) is 40.2 Å². The molecule has 0 atom stereocenters. The fourth-order valence-corrected chi connectivity index (χ4v) is 2.30. The molecule has 0 aliphatic carbocycles. The molecule has 1 aromatic heterocycles. The van der Waals surface area contributed by atoms with Gasteiger partial charge in [0, 0.05) is 18.7 Å². The molecule has 1 amide bonds. The maximum Gasteiger partial charge on any atom is 0.227 e. The number of hydrogen-bond donors (Lipinski definition) is 1. The number of nitrogens with one attached hydrogen (secondary N) is 1. The topological polar surface area (TPSA) is 74.0 Å². The quantitative estimate of drug-likeness (QED) is 0.823. The number of carbonyl (C=O) groups is 1. The normalized spacial score (nSPS) is 17.1. The molecule has 0 aromatic carbocycles. The van der Waals surface area contributed by atoms with E-state index in [1.165, 1.54) is 0 Å². The summed E-state index contributed by atoms with van der Waals surface area (Å²) in [4.78, 5) is 14.2. The molecule has 1 aliphatic rings. The molecular weight excluding hydrogens is 242 g/mol. The lowest BCUT2D eigenvalue weighted by Gasteiger charge is -2.29. The summed E-state index contributed by atoms with van der Waals surface area (Å²) in [6.45, 7) is 4.89. The average Bonchev–Trinajstić information content (AvgIpc) is 2.87. The van der Waals surface area contributed by atoms with Gasteiger partial charge in [-0.2, -0.15) is 10.4 Å². The second-order valence-corrected chi connectivity index (χ2v) is 4.78. The predicted molar refractivity (Wildman–Crippen MR) is 71.3 cm³/mol. The van der Waals surface area contributed by atoms with Gasteiger partial charge in [-0.15, -0.1) is 0 Å². The van der Waals surface area contributed by atoms with Gasteiger partial charge in [-0.05, 0) is 32.9 Å². The molecule has 0 saturated carbocycles. The summed E-state index contributed by atoms with van der Waals surface area (Å²) in [6, 6.07) is 2.14. The van der Waals surface area contributed by atoms with Crippen molar-refractivity contribution in [1.82, 2.24) is 14.7 Å². The Morgan fingerprint density at radius 1 is 1.58 bits per heavy atom. The molecule has 1 fully saturated rings. The molecule has 1 saturated heterocycles. The van der Waals surface area contributed by atoms with Gasteiger partial charge in [0.15, 0.2) is 0 Å². The Hall–Kier alpha value is -1.87. The van der Waals surface area contributed by atoms with E-state index in [1.807, 2.05) is 13.1 Å². The van der Waals surface area contributed by atoms with Crippen LogP contribution in [0.15, 0.2) is 12.4 Å². The van der Waals surface area contributed by atoms with E-state index < -0.39 is 0 Å². The number of likely N-dealkylation sites (tertiary alicyclic amines) is 1. The number of carbonyl (C=O) groups excluding carboxylic acids is 1. The number of aromatic nitrogens is 2. The van der Waals surface area contributed by atoms with Crippen LogP contribution in [0, 0.1) is 17.2 Å². The summed E-state index contributed by atoms with van der Waals surface area (Å²) < 4.78 is 1.78. The van der Waals surface area contributed by atoms with Crippen LogP contribution < -0.4 is 5.32 Å². The molecule has 1 aliphatic heterocycles. The molecule has 2 rings (SSSR count). The van der Waals surface area contributed by atoms with Crippen LogP contribution >= 0.6 is 0 Å². The van der Waals surface area contributed by atoms with Crippen molar-refractivity contribution in [2.24, 2.45) is 5.92 Å². The first-order valence-corrected chi connectivity index (χ1v) is 6.65. The fraction of sp³-hybridized carbons (Fsp3) is 0.615. The van der Waals surface area contributed by atoms with Crippen molar-refractivity contribution in [2.75, 3.05) is 25.0 Å². The smallest absolute Gasteiger partial charge is 0.227 e. The summed E-state index contributed by atoms with van der Waals surface area (Å²) >= 11 is 0. The van der Waals surface area contributed by atoms with E-state index in [1.54, 1.807) is 10.9 Å². The largest absolute Gasteiger partial charge is 0.323 e. The molecule has 0 radical (unpaired) electrons. The number of amides is 1. The van der Waals surface area contributed by atoms with Gasteiger partial charge < -0.3 is 5.32 Å². The van der Waals surface area contributed by atoms with Crippen LogP contribution in [0.4, 0.5) is 5.69 Å². The second kappa shape index (κ2) is 6.34. The lowest BCUT2D eigenvalue weighted by atomic mass is 9.96. The summed E-state index contributed by atoms with van der Waals surface area (Å²) in [7, 11) is 0. The maximum absolute atomic E-state index is 12.1. The minimum Gasteiger partial charge on any atom is -0.323 e. The van der Waals surface area contributed by atoms with Crippen LogP contribution in [0.2, 0.25) is 0 Å². The monoisotopic (exact) mass is 261 g/mol. The Kier molecular flexibility index (Phi) is 4.53. The number of nitrogens with zero attached hydrogens (tertiary/aromatic N) is 4. The van der Waals surface area contributed by atoms with Crippen molar-refractivity contribution in [1.29, 1.82) is 5.26 Å². The highest BCUT2D eigenvalue weighted by Gasteiger charge is 2.24. The molecule has 1 N–H and O–H groups in total. The van der Waals surface area contributed by atoms with E-state index in [4.69, 9.17) is 5.26 Å². The lowest BCUT2D eigenvalue weighted by Crippen LogP contribution is -2.38. The van der Waals surface area contributed by atoms with Gasteiger partial charge in [-0.3, -0.25) is 14.4 Å². The molecule has 19 heavy (non-hydrogen) atoms. The zero-order chi connectivity index (χ0) is 13.7. The van der Waals surface area contributed by atoms with E-state index in [0.717, 1.165) is 38.2 Å². The minimum atomic E-state index is 0.0416. The number of nitriles is 1. The molecule has 0 bridgehead atoms. The molecule has 102 valence electrons. The van der Waals surface area contributed by atoms with Gasteiger partial charge in [0.25, 0.3) is 0 Å². The Morgan fingerprint density at radius 2 is 2.32 bits per heavy atom. The summed E-state index contributed by atoms with van der Waals surface area (Å²) in [6.07, 6.45) is 5.14. The molecule has 0 unspecified atom stereocenters. The van der Waals surface area contributed by atoms with Crippen molar-refractivity contribution in [3.8, 4) is 6.07 Å². The zero-order valence-corrected chi connectivity index (χ0v) is 11.2. The van der Waals surface area contributed by atoms with Crippen molar-refractivity contribution < 1.29 is 4.79 Å². The predicted octanol–water partition coefficient (Wildman–Crippen LogP) is 1.08. The van der Waals surface area contributed by atoms with Crippen LogP contribution in [0.25, 0.3) is 0 Å². The number of anilines is 1. The second-order valence-electron chi connectivity index (χ2n) is 4.78. The third-order valence-corrected chi connectivity index (χ3v) is 3.48. The van der Waals surface area contributed by atoms with Gasteiger partial charge in [0.05, 0.1) is 24.5 Å². The fourth-order valence-electron chi connectivity index (χ4n) is 2.30. The first-order chi connectivity index (χ1) is 9.22. The van der Waals surface area contributed by atoms with Gasteiger partial charge in [0.1, 0.15) is 0 Å². The summed E-state index contributed by atoms with van der Waals surface area (Å²) in [5, 5.41) is 15.7. The standard InChI is InChI=1S/C13H19N5O/c1-2-18-10-12(9-15-18)16-13(19)11-3-6-17(7-4-11)8-5-14/h9-11H,2-4,6-8H2,1H3,(H,16,19). The maximum atomic E-state index is 12.1. The van der Waals surface area contributed by atoms with E-state index in [2.05, 4.69) is 21.4 Å². The van der Waals surface area contributed by atoms with Crippen molar-refractivity contribution >= 4 is 11.6 Å². The van der Waals surface area contributed by atoms with Crippen LogP contribution in [0.3, 0.4) is 0 Å². The van der Waals surface area contributed by atoms with Gasteiger partial charge in [-0.25, -0.2) is 0 Å². The Bertz CT molecular complexity index is 468. The number of aryl methyl sites for hydroxylation is 1. The van der Waals surface area contributed by atoms with E-state index in [-0.39, 0.29) is 11.8 Å². The van der Waals surface area contributed by atoms with Gasteiger partial charge in [-0.1, -0.05) is 0 Å². The third kappa shape index (κ3) is 3.55. The number of hydrogen-bond acceptors (Lipinski definition) is 4. The SMILES string of the molecule is CCn1cc(NC(=O)C2CCN(CC#N)CC2)cn1. The van der Waals surface area contributed by atoms with E-state index in [0.29, 0.717) is 6.54 Å². The molecule has 1 aromatic rings. The zero-order valence-electron chi connectivity index (χ0n) is 11.2. The average molecular weight is 261 g/mol. The first-order valence-electron chi connectivity index (χ1n) is 6.65. The summed E-state index contributed by atoms with van der Waals surface area (Å²) in [5.41, 5.74) is 0.756. The highest BCUT2D eigenvalue weighted by atomic mass is 16.1.